The average Bonchev–Trinajstić information content (AvgIpc) is 2.68. The van der Waals surface area contributed by atoms with Crippen molar-refractivity contribution < 1.29 is 14.3 Å². The first-order valence-electron chi connectivity index (χ1n) is 9.12. The van der Waals surface area contributed by atoms with E-state index in [2.05, 4.69) is 6.07 Å². The lowest BCUT2D eigenvalue weighted by Gasteiger charge is -2.08. The van der Waals surface area contributed by atoms with E-state index in [-0.39, 0.29) is 5.97 Å². The fraction of sp³-hybridized carbons (Fsp3) is 0.364. The number of benzene rings is 2. The second-order valence-corrected chi connectivity index (χ2v) is 6.03. The quantitative estimate of drug-likeness (QED) is 0.440. The number of hydrogen-bond donors (Lipinski definition) is 0. The van der Waals surface area contributed by atoms with Crippen molar-refractivity contribution in [3.8, 4) is 22.9 Å². The Kier molecular flexibility index (Phi) is 8.21. The third kappa shape index (κ3) is 6.60. The number of esters is 1. The topological polar surface area (TPSA) is 59.3 Å². The predicted octanol–water partition coefficient (Wildman–Crippen LogP) is 5.12. The molecular weight excluding hydrogens is 326 g/mol. The summed E-state index contributed by atoms with van der Waals surface area (Å²) in [5.74, 6) is 0.750. The molecular formula is C22H25NO3. The number of carbonyl (C=O) groups is 1. The van der Waals surface area contributed by atoms with E-state index >= 15 is 0 Å². The van der Waals surface area contributed by atoms with Crippen LogP contribution in [0.2, 0.25) is 0 Å². The van der Waals surface area contributed by atoms with Crippen molar-refractivity contribution in [2.45, 2.75) is 39.0 Å². The number of carbonyl (C=O) groups excluding carboxylic acids is 1. The van der Waals surface area contributed by atoms with Gasteiger partial charge in [-0.1, -0.05) is 37.1 Å². The Morgan fingerprint density at radius 1 is 0.923 bits per heavy atom. The van der Waals surface area contributed by atoms with Crippen LogP contribution < -0.4 is 4.74 Å². The monoisotopic (exact) mass is 351 g/mol. The fourth-order valence-corrected chi connectivity index (χ4v) is 2.63. The van der Waals surface area contributed by atoms with Gasteiger partial charge in [-0.2, -0.15) is 5.26 Å². The standard InChI is InChI=1S/C22H25NO3/c1-2-25-22(24)7-5-3-4-6-16-26-21-14-12-20(13-15-21)19-10-8-18(17-23)9-11-19/h8-15H,2-7,16H2,1H3. The lowest BCUT2D eigenvalue weighted by molar-refractivity contribution is -0.143. The molecule has 0 saturated carbocycles. The highest BCUT2D eigenvalue weighted by Gasteiger charge is 2.02. The number of hydrogen-bond acceptors (Lipinski definition) is 4. The molecule has 0 aromatic heterocycles. The molecule has 0 bridgehead atoms. The van der Waals surface area contributed by atoms with E-state index in [0.29, 0.717) is 25.2 Å². The van der Waals surface area contributed by atoms with Crippen molar-refractivity contribution in [1.29, 1.82) is 5.26 Å². The van der Waals surface area contributed by atoms with Crippen molar-refractivity contribution in [2.24, 2.45) is 0 Å². The zero-order valence-corrected chi connectivity index (χ0v) is 15.2. The summed E-state index contributed by atoms with van der Waals surface area (Å²) in [4.78, 5) is 11.2. The molecule has 0 spiro atoms. The van der Waals surface area contributed by atoms with Crippen LogP contribution in [0.3, 0.4) is 0 Å². The summed E-state index contributed by atoms with van der Waals surface area (Å²) in [5, 5.41) is 8.84. The smallest absolute Gasteiger partial charge is 0.305 e. The molecule has 136 valence electrons. The van der Waals surface area contributed by atoms with Crippen LogP contribution in [0.1, 0.15) is 44.6 Å². The first-order valence-corrected chi connectivity index (χ1v) is 9.12. The number of rotatable bonds is 10. The summed E-state index contributed by atoms with van der Waals surface area (Å²) < 4.78 is 10.7. The zero-order chi connectivity index (χ0) is 18.6. The van der Waals surface area contributed by atoms with Crippen LogP contribution in [-0.4, -0.2) is 19.2 Å². The molecule has 0 saturated heterocycles. The molecule has 2 aromatic carbocycles. The lowest BCUT2D eigenvalue weighted by Crippen LogP contribution is -2.03. The van der Waals surface area contributed by atoms with Crippen LogP contribution in [0.5, 0.6) is 5.75 Å². The van der Waals surface area contributed by atoms with E-state index in [9.17, 15) is 4.79 Å². The maximum Gasteiger partial charge on any atom is 0.305 e. The van der Waals surface area contributed by atoms with E-state index in [1.54, 1.807) is 0 Å². The summed E-state index contributed by atoms with van der Waals surface area (Å²) >= 11 is 0. The normalized spacial score (nSPS) is 10.2. The Morgan fingerprint density at radius 3 is 2.15 bits per heavy atom. The van der Waals surface area contributed by atoms with Crippen molar-refractivity contribution in [2.75, 3.05) is 13.2 Å². The minimum atomic E-state index is -0.105. The minimum absolute atomic E-state index is 0.105. The molecule has 0 aliphatic rings. The number of nitriles is 1. The largest absolute Gasteiger partial charge is 0.494 e. The van der Waals surface area contributed by atoms with Gasteiger partial charge in [0.05, 0.1) is 24.8 Å². The molecule has 26 heavy (non-hydrogen) atoms. The number of nitrogens with zero attached hydrogens (tertiary/aromatic N) is 1. The van der Waals surface area contributed by atoms with Crippen molar-refractivity contribution in [1.82, 2.24) is 0 Å². The van der Waals surface area contributed by atoms with Crippen molar-refractivity contribution in [3.05, 3.63) is 54.1 Å². The number of unbranched alkanes of at least 4 members (excludes halogenated alkanes) is 3. The van der Waals surface area contributed by atoms with Gasteiger partial charge in [-0.15, -0.1) is 0 Å². The van der Waals surface area contributed by atoms with Crippen molar-refractivity contribution >= 4 is 5.97 Å². The molecule has 4 heteroatoms. The van der Waals surface area contributed by atoms with Gasteiger partial charge >= 0.3 is 5.97 Å². The van der Waals surface area contributed by atoms with E-state index in [0.717, 1.165) is 42.6 Å². The van der Waals surface area contributed by atoms with Gasteiger partial charge in [0.25, 0.3) is 0 Å². The first kappa shape index (κ1) is 19.5. The molecule has 0 heterocycles. The van der Waals surface area contributed by atoms with E-state index in [4.69, 9.17) is 14.7 Å². The highest BCUT2D eigenvalue weighted by atomic mass is 16.5. The van der Waals surface area contributed by atoms with Crippen LogP contribution in [-0.2, 0) is 9.53 Å². The fourth-order valence-electron chi connectivity index (χ4n) is 2.63. The molecule has 0 unspecified atom stereocenters. The maximum atomic E-state index is 11.2. The molecule has 4 nitrogen and oxygen atoms in total. The number of ether oxygens (including phenoxy) is 2. The van der Waals surface area contributed by atoms with Crippen LogP contribution in [0, 0.1) is 11.3 Å². The molecule has 0 aliphatic heterocycles. The summed E-state index contributed by atoms with van der Waals surface area (Å²) in [6.45, 7) is 2.96. The van der Waals surface area contributed by atoms with Crippen LogP contribution >= 0.6 is 0 Å². The Hall–Kier alpha value is -2.80. The Bertz CT molecular complexity index is 715. The van der Waals surface area contributed by atoms with Gasteiger partial charge < -0.3 is 9.47 Å². The van der Waals surface area contributed by atoms with Gasteiger partial charge in [-0.3, -0.25) is 4.79 Å². The van der Waals surface area contributed by atoms with E-state index in [1.807, 2.05) is 55.5 Å². The van der Waals surface area contributed by atoms with Gasteiger partial charge in [0, 0.05) is 6.42 Å². The van der Waals surface area contributed by atoms with E-state index < -0.39 is 0 Å². The second-order valence-electron chi connectivity index (χ2n) is 6.03. The SMILES string of the molecule is CCOC(=O)CCCCCCOc1ccc(-c2ccc(C#N)cc2)cc1. The molecule has 2 rings (SSSR count). The molecule has 0 amide bonds. The van der Waals surface area contributed by atoms with Gasteiger partial charge in [0.2, 0.25) is 0 Å². The second kappa shape index (κ2) is 10.9. The van der Waals surface area contributed by atoms with Crippen LogP contribution in [0.4, 0.5) is 0 Å². The Balaban J connectivity index is 1.66. The van der Waals surface area contributed by atoms with E-state index in [1.165, 1.54) is 0 Å². The van der Waals surface area contributed by atoms with Gasteiger partial charge in [0.15, 0.2) is 0 Å². The summed E-state index contributed by atoms with van der Waals surface area (Å²) in [5.41, 5.74) is 2.84. The summed E-state index contributed by atoms with van der Waals surface area (Å²) in [6.07, 6.45) is 4.41. The third-order valence-electron chi connectivity index (χ3n) is 4.05. The van der Waals surface area contributed by atoms with Crippen LogP contribution in [0.25, 0.3) is 11.1 Å². The van der Waals surface area contributed by atoms with Crippen LogP contribution in [0.15, 0.2) is 48.5 Å². The Labute approximate surface area is 155 Å². The molecule has 0 fully saturated rings. The molecule has 2 aromatic rings. The highest BCUT2D eigenvalue weighted by molar-refractivity contribution is 5.69. The molecule has 0 N–H and O–H groups in total. The lowest BCUT2D eigenvalue weighted by atomic mass is 10.0. The van der Waals surface area contributed by atoms with Crippen molar-refractivity contribution in [3.63, 3.8) is 0 Å². The van der Waals surface area contributed by atoms with Gasteiger partial charge in [0.1, 0.15) is 5.75 Å². The third-order valence-corrected chi connectivity index (χ3v) is 4.05. The molecule has 0 atom stereocenters. The summed E-state index contributed by atoms with van der Waals surface area (Å²) in [7, 11) is 0. The van der Waals surface area contributed by atoms with Gasteiger partial charge in [-0.25, -0.2) is 0 Å². The summed E-state index contributed by atoms with van der Waals surface area (Å²) in [6, 6.07) is 17.6. The average molecular weight is 351 g/mol. The maximum absolute atomic E-state index is 11.2. The first-order chi connectivity index (χ1) is 12.7. The molecule has 0 aliphatic carbocycles. The predicted molar refractivity (Wildman–Crippen MR) is 102 cm³/mol. The van der Waals surface area contributed by atoms with Gasteiger partial charge in [-0.05, 0) is 55.2 Å². The highest BCUT2D eigenvalue weighted by Crippen LogP contribution is 2.23. The minimum Gasteiger partial charge on any atom is -0.494 e. The Morgan fingerprint density at radius 2 is 1.54 bits per heavy atom. The zero-order valence-electron chi connectivity index (χ0n) is 15.2. The molecule has 0 radical (unpaired) electrons.